The van der Waals surface area contributed by atoms with Gasteiger partial charge in [0.1, 0.15) is 0 Å². The molecule has 4 nitrogen and oxygen atoms in total. The normalized spacial score (nSPS) is 10.2. The van der Waals surface area contributed by atoms with Crippen molar-refractivity contribution in [1.29, 1.82) is 0 Å². The first-order valence-corrected chi connectivity index (χ1v) is 6.69. The minimum atomic E-state index is 0.621. The number of nitrogens with one attached hydrogen (secondary N) is 1. The Bertz CT molecular complexity index is 553. The van der Waals surface area contributed by atoms with Crippen LogP contribution in [0.3, 0.4) is 0 Å². The van der Waals surface area contributed by atoms with E-state index in [1.807, 2.05) is 44.3 Å². The van der Waals surface area contributed by atoms with Gasteiger partial charge in [0.2, 0.25) is 0 Å². The third-order valence-corrected chi connectivity index (χ3v) is 2.91. The lowest BCUT2D eigenvalue weighted by atomic mass is 10.2. The molecule has 2 rings (SSSR count). The molecular weight excluding hydrogens is 252 g/mol. The van der Waals surface area contributed by atoms with Gasteiger partial charge in [-0.05, 0) is 37.6 Å². The van der Waals surface area contributed by atoms with Crippen molar-refractivity contribution < 1.29 is 9.47 Å². The van der Waals surface area contributed by atoms with E-state index in [2.05, 4.69) is 16.4 Å². The summed E-state index contributed by atoms with van der Waals surface area (Å²) in [7, 11) is 1.64. The number of rotatable bonds is 6. The fraction of sp³-hybridized carbons (Fsp3) is 0.312. The van der Waals surface area contributed by atoms with Crippen LogP contribution in [0.4, 0.5) is 5.69 Å². The van der Waals surface area contributed by atoms with Gasteiger partial charge in [-0.25, -0.2) is 0 Å². The summed E-state index contributed by atoms with van der Waals surface area (Å²) in [4.78, 5) is 4.36. The van der Waals surface area contributed by atoms with Crippen molar-refractivity contribution in [2.45, 2.75) is 20.4 Å². The molecule has 1 aromatic carbocycles. The first-order valence-electron chi connectivity index (χ1n) is 6.69. The monoisotopic (exact) mass is 272 g/mol. The molecule has 1 heterocycles. The zero-order valence-corrected chi connectivity index (χ0v) is 12.1. The van der Waals surface area contributed by atoms with Gasteiger partial charge >= 0.3 is 0 Å². The second-order valence-corrected chi connectivity index (χ2v) is 4.48. The van der Waals surface area contributed by atoms with Gasteiger partial charge in [0.15, 0.2) is 11.5 Å². The number of anilines is 1. The van der Waals surface area contributed by atoms with Crippen LogP contribution in [0.5, 0.6) is 11.5 Å². The van der Waals surface area contributed by atoms with E-state index in [1.165, 1.54) is 0 Å². The molecule has 0 saturated carbocycles. The molecule has 0 bridgehead atoms. The lowest BCUT2D eigenvalue weighted by molar-refractivity contribution is 0.311. The quantitative estimate of drug-likeness (QED) is 0.875. The number of hydrogen-bond donors (Lipinski definition) is 1. The standard InChI is InChI=1S/C16H20N2O2/c1-4-20-15-8-7-13(9-16(15)19-3)18-11-14-6-5-12(2)10-17-14/h5-10,18H,4,11H2,1-3H3. The maximum atomic E-state index is 5.49. The van der Waals surface area contributed by atoms with Crippen LogP contribution < -0.4 is 14.8 Å². The van der Waals surface area contributed by atoms with Crippen molar-refractivity contribution in [1.82, 2.24) is 4.98 Å². The summed E-state index contributed by atoms with van der Waals surface area (Å²) in [6.45, 7) is 5.28. The molecule has 1 N–H and O–H groups in total. The van der Waals surface area contributed by atoms with E-state index < -0.39 is 0 Å². The highest BCUT2D eigenvalue weighted by Crippen LogP contribution is 2.30. The largest absolute Gasteiger partial charge is 0.493 e. The summed E-state index contributed by atoms with van der Waals surface area (Å²) in [5.41, 5.74) is 3.15. The Morgan fingerprint density at radius 3 is 2.65 bits per heavy atom. The highest BCUT2D eigenvalue weighted by atomic mass is 16.5. The fourth-order valence-corrected chi connectivity index (χ4v) is 1.85. The molecule has 0 spiro atoms. The Kier molecular flexibility index (Phi) is 4.82. The summed E-state index contributed by atoms with van der Waals surface area (Å²) >= 11 is 0. The molecule has 0 aliphatic heterocycles. The van der Waals surface area contributed by atoms with Crippen molar-refractivity contribution in [2.24, 2.45) is 0 Å². The Hall–Kier alpha value is -2.23. The molecule has 4 heteroatoms. The van der Waals surface area contributed by atoms with Gasteiger partial charge in [-0.1, -0.05) is 6.07 Å². The number of ether oxygens (including phenoxy) is 2. The van der Waals surface area contributed by atoms with Crippen molar-refractivity contribution in [3.05, 3.63) is 47.8 Å². The molecule has 0 aliphatic rings. The van der Waals surface area contributed by atoms with Crippen LogP contribution in [0.25, 0.3) is 0 Å². The molecule has 106 valence electrons. The van der Waals surface area contributed by atoms with Gasteiger partial charge in [-0.3, -0.25) is 4.98 Å². The molecule has 20 heavy (non-hydrogen) atoms. The van der Waals surface area contributed by atoms with E-state index in [0.29, 0.717) is 13.2 Å². The summed E-state index contributed by atoms with van der Waals surface area (Å²) in [5, 5.41) is 3.33. The summed E-state index contributed by atoms with van der Waals surface area (Å²) in [6, 6.07) is 9.89. The smallest absolute Gasteiger partial charge is 0.162 e. The molecule has 1 aromatic heterocycles. The van der Waals surface area contributed by atoms with Gasteiger partial charge in [-0.15, -0.1) is 0 Å². The maximum absolute atomic E-state index is 5.49. The molecule has 2 aromatic rings. The van der Waals surface area contributed by atoms with Crippen molar-refractivity contribution in [2.75, 3.05) is 19.0 Å². The zero-order valence-electron chi connectivity index (χ0n) is 12.1. The van der Waals surface area contributed by atoms with Crippen LogP contribution >= 0.6 is 0 Å². The first kappa shape index (κ1) is 14.2. The Morgan fingerprint density at radius 2 is 2.00 bits per heavy atom. The predicted octanol–water partition coefficient (Wildman–Crippen LogP) is 3.41. The van der Waals surface area contributed by atoms with Gasteiger partial charge in [0.25, 0.3) is 0 Å². The number of hydrogen-bond acceptors (Lipinski definition) is 4. The fourth-order valence-electron chi connectivity index (χ4n) is 1.85. The summed E-state index contributed by atoms with van der Waals surface area (Å²) in [5.74, 6) is 1.49. The molecule has 0 radical (unpaired) electrons. The number of methoxy groups -OCH3 is 1. The molecule has 0 unspecified atom stereocenters. The molecule has 0 aliphatic carbocycles. The first-order chi connectivity index (χ1) is 9.72. The van der Waals surface area contributed by atoms with Gasteiger partial charge in [0, 0.05) is 18.0 Å². The SMILES string of the molecule is CCOc1ccc(NCc2ccc(C)cn2)cc1OC. The second-order valence-electron chi connectivity index (χ2n) is 4.48. The van der Waals surface area contributed by atoms with E-state index in [1.54, 1.807) is 7.11 Å². The maximum Gasteiger partial charge on any atom is 0.162 e. The highest BCUT2D eigenvalue weighted by Gasteiger charge is 2.05. The van der Waals surface area contributed by atoms with Crippen LogP contribution in [0.15, 0.2) is 36.5 Å². The average Bonchev–Trinajstić information content (AvgIpc) is 2.48. The van der Waals surface area contributed by atoms with Crippen molar-refractivity contribution >= 4 is 5.69 Å². The van der Waals surface area contributed by atoms with Crippen LogP contribution in [-0.4, -0.2) is 18.7 Å². The predicted molar refractivity (Wildman–Crippen MR) is 80.5 cm³/mol. The third kappa shape index (κ3) is 3.63. The van der Waals surface area contributed by atoms with Crippen LogP contribution in [0, 0.1) is 6.92 Å². The van der Waals surface area contributed by atoms with Gasteiger partial charge in [-0.2, -0.15) is 0 Å². The Labute approximate surface area is 119 Å². The van der Waals surface area contributed by atoms with E-state index in [4.69, 9.17) is 9.47 Å². The molecule has 0 fully saturated rings. The van der Waals surface area contributed by atoms with Gasteiger partial charge in [0.05, 0.1) is 26.0 Å². The molecule has 0 amide bonds. The minimum Gasteiger partial charge on any atom is -0.493 e. The van der Waals surface area contributed by atoms with Crippen molar-refractivity contribution in [3.8, 4) is 11.5 Å². The third-order valence-electron chi connectivity index (χ3n) is 2.91. The van der Waals surface area contributed by atoms with E-state index in [0.717, 1.165) is 28.4 Å². The van der Waals surface area contributed by atoms with E-state index >= 15 is 0 Å². The lowest BCUT2D eigenvalue weighted by Crippen LogP contribution is -2.02. The Morgan fingerprint density at radius 1 is 1.15 bits per heavy atom. The average molecular weight is 272 g/mol. The highest BCUT2D eigenvalue weighted by molar-refractivity contribution is 5.54. The lowest BCUT2D eigenvalue weighted by Gasteiger charge is -2.12. The second kappa shape index (κ2) is 6.80. The number of benzene rings is 1. The molecular formula is C16H20N2O2. The van der Waals surface area contributed by atoms with E-state index in [9.17, 15) is 0 Å². The van der Waals surface area contributed by atoms with E-state index in [-0.39, 0.29) is 0 Å². The molecule has 0 atom stereocenters. The Balaban J connectivity index is 2.04. The number of pyridine rings is 1. The summed E-state index contributed by atoms with van der Waals surface area (Å²) < 4.78 is 10.8. The zero-order chi connectivity index (χ0) is 14.4. The van der Waals surface area contributed by atoms with Crippen molar-refractivity contribution in [3.63, 3.8) is 0 Å². The number of aryl methyl sites for hydroxylation is 1. The van der Waals surface area contributed by atoms with Crippen LogP contribution in [-0.2, 0) is 6.54 Å². The van der Waals surface area contributed by atoms with Crippen LogP contribution in [0.2, 0.25) is 0 Å². The number of aromatic nitrogens is 1. The number of nitrogens with zero attached hydrogens (tertiary/aromatic N) is 1. The van der Waals surface area contributed by atoms with Crippen LogP contribution in [0.1, 0.15) is 18.2 Å². The van der Waals surface area contributed by atoms with Gasteiger partial charge < -0.3 is 14.8 Å². The summed E-state index contributed by atoms with van der Waals surface area (Å²) in [6.07, 6.45) is 1.87. The molecule has 0 saturated heterocycles. The topological polar surface area (TPSA) is 43.4 Å². The minimum absolute atomic E-state index is 0.621.